The number of carboxylic acids is 1. The minimum Gasteiger partial charge on any atom is -0.477 e. The van der Waals surface area contributed by atoms with Crippen molar-refractivity contribution >= 4 is 34.3 Å². The zero-order valence-electron chi connectivity index (χ0n) is 14.7. The van der Waals surface area contributed by atoms with Gasteiger partial charge < -0.3 is 14.9 Å². The fourth-order valence-electron chi connectivity index (χ4n) is 3.15. The number of aromatic carboxylic acids is 1. The molecule has 3 aromatic rings. The molecule has 4 heterocycles. The second-order valence-electron chi connectivity index (χ2n) is 6.18. The summed E-state index contributed by atoms with van der Waals surface area (Å²) in [6.07, 6.45) is 4.44. The molecule has 0 saturated carbocycles. The molecule has 3 aromatic heterocycles. The summed E-state index contributed by atoms with van der Waals surface area (Å²) in [4.78, 5) is 41.6. The maximum Gasteiger partial charge on any atom is 0.341 e. The monoisotopic (exact) mass is 386 g/mol. The second kappa shape index (κ2) is 7.05. The summed E-state index contributed by atoms with van der Waals surface area (Å²) in [5.74, 6) is -0.625. The number of anilines is 1. The molecule has 0 amide bonds. The summed E-state index contributed by atoms with van der Waals surface area (Å²) in [6.45, 7) is 6.67. The van der Waals surface area contributed by atoms with Crippen LogP contribution in [0.1, 0.15) is 17.3 Å². The number of carbonyl (C=O) groups is 1. The van der Waals surface area contributed by atoms with Crippen molar-refractivity contribution in [3.63, 3.8) is 0 Å². The van der Waals surface area contributed by atoms with E-state index in [1.807, 2.05) is 0 Å². The number of likely N-dealkylation sites (N-methyl/N-ethyl adjacent to an activating group) is 1. The van der Waals surface area contributed by atoms with Gasteiger partial charge in [0.05, 0.1) is 6.20 Å². The Morgan fingerprint density at radius 1 is 1.26 bits per heavy atom. The lowest BCUT2D eigenvalue weighted by molar-refractivity contribution is 0.0695. The molecule has 1 aliphatic heterocycles. The smallest absolute Gasteiger partial charge is 0.341 e. The standard InChI is InChI=1S/C17H18N6O3S/c1-2-21-4-6-22(7-5-21)12-9-19-13-14(24)11(16(25)26)10-23(15(13)20-12)17-18-3-8-27-17/h3,8-10H,2,4-7H2,1H3,(H,25,26). The van der Waals surface area contributed by atoms with Gasteiger partial charge in [0, 0.05) is 44.0 Å². The highest BCUT2D eigenvalue weighted by molar-refractivity contribution is 7.12. The summed E-state index contributed by atoms with van der Waals surface area (Å²) in [6, 6.07) is 0. The first-order valence-electron chi connectivity index (χ1n) is 8.61. The number of nitrogens with zero attached hydrogens (tertiary/aromatic N) is 6. The molecule has 10 heteroatoms. The Hall–Kier alpha value is -2.85. The zero-order valence-corrected chi connectivity index (χ0v) is 15.5. The number of pyridine rings is 1. The molecule has 0 bridgehead atoms. The van der Waals surface area contributed by atoms with Crippen molar-refractivity contribution in [1.82, 2.24) is 24.4 Å². The predicted octanol–water partition coefficient (Wildman–Crippen LogP) is 1.08. The Morgan fingerprint density at radius 3 is 2.67 bits per heavy atom. The number of rotatable bonds is 4. The van der Waals surface area contributed by atoms with Crippen LogP contribution in [0.4, 0.5) is 5.82 Å². The van der Waals surface area contributed by atoms with E-state index in [1.165, 1.54) is 22.1 Å². The van der Waals surface area contributed by atoms with Crippen LogP contribution in [0, 0.1) is 0 Å². The first-order valence-corrected chi connectivity index (χ1v) is 9.49. The van der Waals surface area contributed by atoms with Crippen LogP contribution in [0.25, 0.3) is 16.3 Å². The number of aromatic nitrogens is 4. The van der Waals surface area contributed by atoms with Crippen LogP contribution < -0.4 is 10.3 Å². The van der Waals surface area contributed by atoms with Gasteiger partial charge in [0.1, 0.15) is 11.4 Å². The Bertz CT molecular complexity index is 1040. The molecule has 1 saturated heterocycles. The van der Waals surface area contributed by atoms with Crippen LogP contribution in [-0.4, -0.2) is 68.2 Å². The van der Waals surface area contributed by atoms with Crippen LogP contribution in [0.2, 0.25) is 0 Å². The number of piperazine rings is 1. The van der Waals surface area contributed by atoms with E-state index in [4.69, 9.17) is 0 Å². The highest BCUT2D eigenvalue weighted by Crippen LogP contribution is 2.20. The third-order valence-corrected chi connectivity index (χ3v) is 5.46. The third-order valence-electron chi connectivity index (χ3n) is 4.69. The SMILES string of the molecule is CCN1CCN(c2cnc3c(=O)c(C(=O)O)cn(-c4nccs4)c3n2)CC1. The van der Waals surface area contributed by atoms with Crippen LogP contribution >= 0.6 is 11.3 Å². The molecule has 0 aromatic carbocycles. The number of fused-ring (bicyclic) bond motifs is 1. The van der Waals surface area contributed by atoms with Crippen LogP contribution in [-0.2, 0) is 0 Å². The van der Waals surface area contributed by atoms with E-state index < -0.39 is 11.4 Å². The molecule has 1 fully saturated rings. The molecular weight excluding hydrogens is 368 g/mol. The average molecular weight is 386 g/mol. The van der Waals surface area contributed by atoms with Crippen molar-refractivity contribution in [2.24, 2.45) is 0 Å². The van der Waals surface area contributed by atoms with Crippen LogP contribution in [0.5, 0.6) is 0 Å². The van der Waals surface area contributed by atoms with Crippen molar-refractivity contribution < 1.29 is 9.90 Å². The first-order chi connectivity index (χ1) is 13.1. The third kappa shape index (κ3) is 3.17. The average Bonchev–Trinajstić information content (AvgIpc) is 3.22. The highest BCUT2D eigenvalue weighted by atomic mass is 32.1. The van der Waals surface area contributed by atoms with E-state index in [0.717, 1.165) is 32.7 Å². The van der Waals surface area contributed by atoms with Gasteiger partial charge in [-0.3, -0.25) is 9.36 Å². The largest absolute Gasteiger partial charge is 0.477 e. The summed E-state index contributed by atoms with van der Waals surface area (Å²) < 4.78 is 1.53. The second-order valence-corrected chi connectivity index (χ2v) is 7.06. The molecule has 0 unspecified atom stereocenters. The fraction of sp³-hybridized carbons (Fsp3) is 0.353. The van der Waals surface area contributed by atoms with E-state index in [2.05, 4.69) is 31.7 Å². The Kier molecular flexibility index (Phi) is 4.58. The molecule has 9 nitrogen and oxygen atoms in total. The van der Waals surface area contributed by atoms with Gasteiger partial charge in [-0.1, -0.05) is 6.92 Å². The number of thiazole rings is 1. The molecule has 0 aliphatic carbocycles. The molecule has 4 rings (SSSR count). The summed E-state index contributed by atoms with van der Waals surface area (Å²) >= 11 is 1.33. The van der Waals surface area contributed by atoms with Gasteiger partial charge >= 0.3 is 5.97 Å². The van der Waals surface area contributed by atoms with Crippen molar-refractivity contribution in [2.45, 2.75) is 6.92 Å². The van der Waals surface area contributed by atoms with Crippen molar-refractivity contribution in [3.05, 3.63) is 39.8 Å². The van der Waals surface area contributed by atoms with Gasteiger partial charge in [-0.2, -0.15) is 0 Å². The Balaban J connectivity index is 1.85. The molecule has 0 atom stereocenters. The topological polar surface area (TPSA) is 104 Å². The molecule has 1 aliphatic rings. The van der Waals surface area contributed by atoms with Gasteiger partial charge in [-0.15, -0.1) is 11.3 Å². The maximum absolute atomic E-state index is 12.5. The molecule has 1 N–H and O–H groups in total. The van der Waals surface area contributed by atoms with Crippen LogP contribution in [0.3, 0.4) is 0 Å². The molecule has 0 radical (unpaired) electrons. The van der Waals surface area contributed by atoms with E-state index >= 15 is 0 Å². The number of hydrogen-bond donors (Lipinski definition) is 1. The van der Waals surface area contributed by atoms with Gasteiger partial charge in [0.2, 0.25) is 5.43 Å². The normalized spacial score (nSPS) is 15.4. The lowest BCUT2D eigenvalue weighted by Crippen LogP contribution is -2.46. The zero-order chi connectivity index (χ0) is 19.0. The Labute approximate surface area is 158 Å². The fourth-order valence-corrected chi connectivity index (χ4v) is 3.77. The van der Waals surface area contributed by atoms with E-state index in [9.17, 15) is 14.7 Å². The molecule has 140 valence electrons. The van der Waals surface area contributed by atoms with Gasteiger partial charge in [-0.05, 0) is 6.54 Å². The molecular formula is C17H18N6O3S. The maximum atomic E-state index is 12.5. The van der Waals surface area contributed by atoms with Crippen LogP contribution in [0.15, 0.2) is 28.8 Å². The van der Waals surface area contributed by atoms with Gasteiger partial charge in [-0.25, -0.2) is 19.7 Å². The van der Waals surface area contributed by atoms with E-state index in [0.29, 0.717) is 16.6 Å². The van der Waals surface area contributed by atoms with E-state index in [1.54, 1.807) is 17.8 Å². The highest BCUT2D eigenvalue weighted by Gasteiger charge is 2.21. The van der Waals surface area contributed by atoms with Gasteiger partial charge in [0.25, 0.3) is 0 Å². The first kappa shape index (κ1) is 17.6. The lowest BCUT2D eigenvalue weighted by Gasteiger charge is -2.34. The number of hydrogen-bond acceptors (Lipinski definition) is 8. The molecule has 0 spiro atoms. The minimum atomic E-state index is -1.30. The predicted molar refractivity (Wildman–Crippen MR) is 102 cm³/mol. The number of carboxylic acid groups (broad SMARTS) is 1. The van der Waals surface area contributed by atoms with Crippen molar-refractivity contribution in [3.8, 4) is 5.13 Å². The summed E-state index contributed by atoms with van der Waals surface area (Å²) in [5.41, 5.74) is -0.645. The van der Waals surface area contributed by atoms with Crippen molar-refractivity contribution in [2.75, 3.05) is 37.6 Å². The Morgan fingerprint density at radius 2 is 2.04 bits per heavy atom. The van der Waals surface area contributed by atoms with E-state index in [-0.39, 0.29) is 11.1 Å². The molecule has 27 heavy (non-hydrogen) atoms. The lowest BCUT2D eigenvalue weighted by atomic mass is 10.2. The summed E-state index contributed by atoms with van der Waals surface area (Å²) in [5, 5.41) is 11.7. The summed E-state index contributed by atoms with van der Waals surface area (Å²) in [7, 11) is 0. The van der Waals surface area contributed by atoms with Crippen molar-refractivity contribution in [1.29, 1.82) is 0 Å². The minimum absolute atomic E-state index is 0.0287. The van der Waals surface area contributed by atoms with Gasteiger partial charge in [0.15, 0.2) is 16.3 Å². The quantitative estimate of drug-likeness (QED) is 0.710.